The smallest absolute Gasteiger partial charge is 0.264 e. The van der Waals surface area contributed by atoms with Crippen molar-refractivity contribution in [2.24, 2.45) is 0 Å². The van der Waals surface area contributed by atoms with Gasteiger partial charge in [-0.05, 0) is 65.9 Å². The Morgan fingerprint density at radius 3 is 2.56 bits per heavy atom. The van der Waals surface area contributed by atoms with Gasteiger partial charge in [-0.1, -0.05) is 48.0 Å². The molecule has 0 saturated carbocycles. The molecule has 1 atom stereocenters. The molecule has 0 saturated heterocycles. The summed E-state index contributed by atoms with van der Waals surface area (Å²) in [4.78, 5) is 28.7. The van der Waals surface area contributed by atoms with E-state index in [0.717, 1.165) is 15.6 Å². The quantitative estimate of drug-likeness (QED) is 0.401. The Hall–Kier alpha value is -3.16. The Bertz CT molecular complexity index is 1370. The molecule has 0 aliphatic carbocycles. The summed E-state index contributed by atoms with van der Waals surface area (Å²) in [6, 6.07) is 16.6. The molecule has 1 N–H and O–H groups in total. The molecule has 0 radical (unpaired) electrons. The monoisotopic (exact) mass is 549 g/mol. The number of ketones is 1. The molecule has 6 nitrogen and oxygen atoms in total. The number of hydrogen-bond acceptors (Lipinski definition) is 5. The zero-order valence-corrected chi connectivity index (χ0v) is 22.1. The minimum absolute atomic E-state index is 0.306. The molecule has 3 aromatic carbocycles. The maximum absolute atomic E-state index is 13.8. The third kappa shape index (κ3) is 4.31. The highest BCUT2D eigenvalue weighted by atomic mass is 79.9. The van der Waals surface area contributed by atoms with E-state index in [-0.39, 0.29) is 12.2 Å². The lowest BCUT2D eigenvalue weighted by atomic mass is 9.88. The molecule has 2 heterocycles. The fourth-order valence-corrected chi connectivity index (χ4v) is 5.15. The van der Waals surface area contributed by atoms with E-state index in [9.17, 15) is 14.7 Å². The number of anilines is 1. The largest absolute Gasteiger partial charge is 0.486 e. The van der Waals surface area contributed by atoms with Crippen molar-refractivity contribution in [3.8, 4) is 11.5 Å². The van der Waals surface area contributed by atoms with Gasteiger partial charge in [-0.25, -0.2) is 0 Å². The van der Waals surface area contributed by atoms with Crippen LogP contribution >= 0.6 is 15.9 Å². The molecule has 0 spiro atoms. The molecule has 186 valence electrons. The summed E-state index contributed by atoms with van der Waals surface area (Å²) < 4.78 is 11.9. The lowest BCUT2D eigenvalue weighted by Gasteiger charge is -2.24. The van der Waals surface area contributed by atoms with Gasteiger partial charge in [0.2, 0.25) is 0 Å². The number of Topliss-reactive ketones (excluding diaryl/α,β-unsaturated/α-hetero) is 1. The van der Waals surface area contributed by atoms with Crippen molar-refractivity contribution in [2.75, 3.05) is 18.1 Å². The molecule has 3 aromatic rings. The van der Waals surface area contributed by atoms with Crippen LogP contribution in [0.15, 0.2) is 59.1 Å². The molecule has 2 aliphatic heterocycles. The van der Waals surface area contributed by atoms with Crippen LogP contribution < -0.4 is 14.4 Å². The van der Waals surface area contributed by atoms with E-state index in [4.69, 9.17) is 9.47 Å². The van der Waals surface area contributed by atoms with Crippen LogP contribution in [-0.2, 0) is 16.9 Å². The van der Waals surface area contributed by atoms with E-state index >= 15 is 0 Å². The van der Waals surface area contributed by atoms with E-state index in [1.165, 1.54) is 5.56 Å². The average molecular weight is 550 g/mol. The third-order valence-electron chi connectivity index (χ3n) is 6.94. The number of carbonyl (C=O) groups excluding carboxylic acids is 2. The number of carbonyl (C=O) groups is 2. The fraction of sp³-hybridized carbons (Fsp3) is 0.310. The third-order valence-corrected chi connectivity index (χ3v) is 7.44. The van der Waals surface area contributed by atoms with Crippen molar-refractivity contribution >= 4 is 33.3 Å². The zero-order valence-electron chi connectivity index (χ0n) is 20.5. The Kier molecular flexibility index (Phi) is 6.39. The Morgan fingerprint density at radius 2 is 1.81 bits per heavy atom. The first-order chi connectivity index (χ1) is 17.2. The van der Waals surface area contributed by atoms with Gasteiger partial charge in [0.25, 0.3) is 5.91 Å². The van der Waals surface area contributed by atoms with Gasteiger partial charge in [-0.2, -0.15) is 0 Å². The summed E-state index contributed by atoms with van der Waals surface area (Å²) in [5.41, 5.74) is 2.66. The van der Waals surface area contributed by atoms with Crippen LogP contribution in [0, 0.1) is 6.92 Å². The van der Waals surface area contributed by atoms with E-state index in [2.05, 4.69) is 48.0 Å². The molecular weight excluding hydrogens is 522 g/mol. The molecule has 0 fully saturated rings. The molecule has 5 rings (SSSR count). The van der Waals surface area contributed by atoms with Gasteiger partial charge < -0.3 is 19.5 Å². The lowest BCUT2D eigenvalue weighted by molar-refractivity contribution is -0.136. The maximum atomic E-state index is 13.8. The minimum Gasteiger partial charge on any atom is -0.486 e. The number of rotatable bonds is 6. The summed E-state index contributed by atoms with van der Waals surface area (Å²) >= 11 is 3.46. The van der Waals surface area contributed by atoms with Crippen LogP contribution in [0.2, 0.25) is 0 Å². The number of amides is 1. The molecule has 0 bridgehead atoms. The van der Waals surface area contributed by atoms with Gasteiger partial charge in [0.15, 0.2) is 22.9 Å². The van der Waals surface area contributed by atoms with Crippen LogP contribution in [-0.4, -0.2) is 30.0 Å². The highest BCUT2D eigenvalue weighted by Crippen LogP contribution is 2.45. The number of halogens is 1. The van der Waals surface area contributed by atoms with Crippen molar-refractivity contribution < 1.29 is 24.2 Å². The first-order valence-corrected chi connectivity index (χ1v) is 12.8. The second-order valence-corrected chi connectivity index (χ2v) is 10.6. The van der Waals surface area contributed by atoms with Crippen LogP contribution in [0.5, 0.6) is 11.5 Å². The van der Waals surface area contributed by atoms with Gasteiger partial charge in [-0.3, -0.25) is 9.59 Å². The highest BCUT2D eigenvalue weighted by molar-refractivity contribution is 9.10. The van der Waals surface area contributed by atoms with Crippen molar-refractivity contribution in [3.63, 3.8) is 0 Å². The van der Waals surface area contributed by atoms with Gasteiger partial charge in [0.05, 0.1) is 18.7 Å². The predicted octanol–water partition coefficient (Wildman–Crippen LogP) is 5.66. The Labute approximate surface area is 219 Å². The molecule has 7 heteroatoms. The summed E-state index contributed by atoms with van der Waals surface area (Å²) in [6.07, 6.45) is -0.379. The lowest BCUT2D eigenvalue weighted by Crippen LogP contribution is -2.41. The van der Waals surface area contributed by atoms with E-state index < -0.39 is 11.5 Å². The molecule has 0 unspecified atom stereocenters. The fourth-order valence-electron chi connectivity index (χ4n) is 4.79. The Morgan fingerprint density at radius 1 is 1.06 bits per heavy atom. The summed E-state index contributed by atoms with van der Waals surface area (Å²) in [6.45, 7) is 7.44. The minimum atomic E-state index is -1.98. The highest BCUT2D eigenvalue weighted by Gasteiger charge is 2.51. The Balaban J connectivity index is 1.49. The topological polar surface area (TPSA) is 76.1 Å². The van der Waals surface area contributed by atoms with Gasteiger partial charge in [-0.15, -0.1) is 0 Å². The second-order valence-electron chi connectivity index (χ2n) is 9.71. The van der Waals surface area contributed by atoms with E-state index in [1.807, 2.05) is 19.1 Å². The number of aryl methyl sites for hydroxylation is 1. The van der Waals surface area contributed by atoms with Crippen LogP contribution in [0.25, 0.3) is 0 Å². The number of hydrogen-bond donors (Lipinski definition) is 1. The predicted molar refractivity (Wildman–Crippen MR) is 141 cm³/mol. The van der Waals surface area contributed by atoms with Crippen molar-refractivity contribution in [2.45, 2.75) is 45.3 Å². The van der Waals surface area contributed by atoms with Crippen LogP contribution in [0.1, 0.15) is 58.8 Å². The van der Waals surface area contributed by atoms with E-state index in [0.29, 0.717) is 54.0 Å². The summed E-state index contributed by atoms with van der Waals surface area (Å²) in [7, 11) is 0. The normalized spacial score (nSPS) is 18.5. The number of benzene rings is 3. The number of fused-ring (bicyclic) bond motifs is 2. The molecule has 1 amide bonds. The van der Waals surface area contributed by atoms with E-state index in [1.54, 1.807) is 29.2 Å². The summed E-state index contributed by atoms with van der Waals surface area (Å²) in [5.74, 6) is 0.557. The number of ether oxygens (including phenoxy) is 2. The average Bonchev–Trinajstić information content (AvgIpc) is 3.06. The summed E-state index contributed by atoms with van der Waals surface area (Å²) in [5, 5.41) is 11.8. The first kappa shape index (κ1) is 24.5. The second kappa shape index (κ2) is 9.37. The first-order valence-electron chi connectivity index (χ1n) is 12.0. The van der Waals surface area contributed by atoms with Crippen molar-refractivity contribution in [3.05, 3.63) is 86.9 Å². The van der Waals surface area contributed by atoms with Gasteiger partial charge in [0, 0.05) is 15.6 Å². The van der Waals surface area contributed by atoms with Crippen LogP contribution in [0.4, 0.5) is 5.69 Å². The maximum Gasteiger partial charge on any atom is 0.264 e. The van der Waals surface area contributed by atoms with Gasteiger partial charge in [0.1, 0.15) is 13.2 Å². The van der Waals surface area contributed by atoms with Gasteiger partial charge >= 0.3 is 0 Å². The number of nitrogens with zero attached hydrogens (tertiary/aromatic N) is 1. The zero-order chi connectivity index (χ0) is 25.6. The molecule has 2 aliphatic rings. The standard InChI is InChI=1S/C29H28BrNO5/c1-17(2)19-5-4-18(3)21(12-19)16-31-24-8-7-22(30)14-23(24)29(34,28(31)33)15-25(32)20-6-9-26-27(13-20)36-11-10-35-26/h4-9,12-14,17,34H,10-11,15-16H2,1-3H3/t29-/m1/s1. The molecular formula is C29H28BrNO5. The van der Waals surface area contributed by atoms with Crippen molar-refractivity contribution in [1.82, 2.24) is 0 Å². The van der Waals surface area contributed by atoms with Crippen molar-refractivity contribution in [1.29, 1.82) is 0 Å². The SMILES string of the molecule is Cc1ccc(C(C)C)cc1CN1C(=O)[C@@](O)(CC(=O)c2ccc3c(c2)OCCO3)c2cc(Br)ccc21. The van der Waals surface area contributed by atoms with Crippen LogP contribution in [0.3, 0.4) is 0 Å². The molecule has 0 aromatic heterocycles. The number of aliphatic hydroxyl groups is 1. The molecule has 36 heavy (non-hydrogen) atoms.